The van der Waals surface area contributed by atoms with Crippen molar-refractivity contribution >= 4 is 17.4 Å². The lowest BCUT2D eigenvalue weighted by atomic mass is 10.1. The molecule has 25 heavy (non-hydrogen) atoms. The predicted molar refractivity (Wildman–Crippen MR) is 93.6 cm³/mol. The Morgan fingerprint density at radius 3 is 2.64 bits per heavy atom. The monoisotopic (exact) mass is 341 g/mol. The second kappa shape index (κ2) is 6.72. The van der Waals surface area contributed by atoms with Crippen molar-refractivity contribution in [2.45, 2.75) is 6.42 Å². The molecule has 0 aromatic heterocycles. The van der Waals surface area contributed by atoms with Gasteiger partial charge in [0.25, 0.3) is 5.91 Å². The topological polar surface area (TPSA) is 105 Å². The molecule has 0 spiro atoms. The van der Waals surface area contributed by atoms with E-state index < -0.39 is 0 Å². The number of nitrogens with one attached hydrogen (secondary N) is 1. The lowest BCUT2D eigenvalue weighted by Gasteiger charge is -2.16. The average Bonchev–Trinajstić information content (AvgIpc) is 2.70. The number of amides is 1. The third-order valence-electron chi connectivity index (χ3n) is 4.02. The molecule has 0 fully saturated rings. The number of phenolic OH excluding ortho intramolecular Hbond substituents is 3. The van der Waals surface area contributed by atoms with E-state index in [-0.39, 0.29) is 23.2 Å². The minimum absolute atomic E-state index is 0.0856. The molecule has 7 nitrogen and oxygen atoms in total. The van der Waals surface area contributed by atoms with Crippen molar-refractivity contribution in [2.75, 3.05) is 20.1 Å². The quantitative estimate of drug-likeness (QED) is 0.503. The number of hydrogen-bond acceptors (Lipinski definition) is 6. The molecular weight excluding hydrogens is 322 g/mol. The molecule has 0 saturated carbocycles. The molecule has 0 radical (unpaired) electrons. The van der Waals surface area contributed by atoms with Crippen LogP contribution in [0.25, 0.3) is 0 Å². The summed E-state index contributed by atoms with van der Waals surface area (Å²) < 4.78 is 0. The van der Waals surface area contributed by atoms with Crippen molar-refractivity contribution in [3.8, 4) is 17.2 Å². The van der Waals surface area contributed by atoms with E-state index in [1.54, 1.807) is 30.1 Å². The van der Waals surface area contributed by atoms with Crippen LogP contribution in [0.3, 0.4) is 0 Å². The summed E-state index contributed by atoms with van der Waals surface area (Å²) in [7, 11) is 1.71. The number of carbonyl (C=O) groups is 1. The number of amidine groups is 1. The number of likely N-dealkylation sites (N-methyl/N-ethyl adjacent to an activating group) is 1. The third kappa shape index (κ3) is 3.50. The van der Waals surface area contributed by atoms with Gasteiger partial charge in [-0.25, -0.2) is 4.99 Å². The second-order valence-corrected chi connectivity index (χ2v) is 5.88. The van der Waals surface area contributed by atoms with Gasteiger partial charge in [0.2, 0.25) is 0 Å². The van der Waals surface area contributed by atoms with Gasteiger partial charge < -0.3 is 25.5 Å². The maximum atomic E-state index is 12.3. The first-order valence-electron chi connectivity index (χ1n) is 7.85. The number of para-hydroxylation sites is 1. The van der Waals surface area contributed by atoms with E-state index in [4.69, 9.17) is 0 Å². The normalized spacial score (nSPS) is 13.9. The number of fused-ring (bicyclic) bond motifs is 1. The molecule has 1 amide bonds. The molecule has 0 unspecified atom stereocenters. The van der Waals surface area contributed by atoms with Crippen molar-refractivity contribution in [3.63, 3.8) is 0 Å². The number of aromatic hydroxyl groups is 3. The van der Waals surface area contributed by atoms with Crippen LogP contribution in [-0.2, 0) is 6.42 Å². The zero-order chi connectivity index (χ0) is 18.0. The van der Waals surface area contributed by atoms with Gasteiger partial charge in [0.05, 0.1) is 17.8 Å². The molecule has 4 N–H and O–H groups in total. The van der Waals surface area contributed by atoms with Crippen LogP contribution in [-0.4, -0.2) is 52.1 Å². The van der Waals surface area contributed by atoms with Gasteiger partial charge in [-0.1, -0.05) is 12.1 Å². The van der Waals surface area contributed by atoms with Crippen molar-refractivity contribution in [1.82, 2.24) is 10.2 Å². The van der Waals surface area contributed by atoms with Gasteiger partial charge in [-0.05, 0) is 30.2 Å². The van der Waals surface area contributed by atoms with Crippen LogP contribution in [0.1, 0.15) is 15.9 Å². The van der Waals surface area contributed by atoms with Crippen LogP contribution < -0.4 is 5.32 Å². The minimum Gasteiger partial charge on any atom is -0.508 e. The van der Waals surface area contributed by atoms with Gasteiger partial charge in [-0.3, -0.25) is 4.79 Å². The van der Waals surface area contributed by atoms with E-state index in [0.717, 1.165) is 6.07 Å². The Kier molecular flexibility index (Phi) is 4.47. The summed E-state index contributed by atoms with van der Waals surface area (Å²) in [6.45, 7) is 0.793. The fourth-order valence-electron chi connectivity index (χ4n) is 2.68. The van der Waals surface area contributed by atoms with Gasteiger partial charge in [-0.15, -0.1) is 0 Å². The van der Waals surface area contributed by atoms with Gasteiger partial charge in [0, 0.05) is 19.7 Å². The highest BCUT2D eigenvalue weighted by atomic mass is 16.3. The Morgan fingerprint density at radius 2 is 1.84 bits per heavy atom. The number of benzene rings is 2. The summed E-state index contributed by atoms with van der Waals surface area (Å²) in [4.78, 5) is 18.4. The summed E-state index contributed by atoms with van der Waals surface area (Å²) in [6.07, 6.45) is 0.415. The molecule has 2 aromatic rings. The van der Waals surface area contributed by atoms with E-state index in [1.807, 2.05) is 6.07 Å². The number of nitrogens with zero attached hydrogens (tertiary/aromatic N) is 2. The average molecular weight is 341 g/mol. The number of aliphatic imine (C=N–C) groups is 1. The smallest absolute Gasteiger partial charge is 0.256 e. The van der Waals surface area contributed by atoms with E-state index >= 15 is 0 Å². The fourth-order valence-corrected chi connectivity index (χ4v) is 2.68. The SMILES string of the molecule is CN1CC(NCCc2cc(O)c(O)cc2O)=Nc2ccccc2C1=O. The standard InChI is InChI=1S/C18H19N3O4/c1-21-10-17(20-13-5-3-2-4-12(13)18(21)25)19-7-6-11-8-15(23)16(24)9-14(11)22/h2-5,8-9,22-24H,6-7,10H2,1H3,(H,19,20). The van der Waals surface area contributed by atoms with Gasteiger partial charge in [-0.2, -0.15) is 0 Å². The zero-order valence-electron chi connectivity index (χ0n) is 13.7. The van der Waals surface area contributed by atoms with Crippen LogP contribution in [0.5, 0.6) is 17.2 Å². The maximum absolute atomic E-state index is 12.3. The van der Waals surface area contributed by atoms with Crippen LogP contribution in [0.2, 0.25) is 0 Å². The Balaban J connectivity index is 1.72. The number of hydrogen-bond donors (Lipinski definition) is 4. The molecule has 0 saturated heterocycles. The largest absolute Gasteiger partial charge is 0.508 e. The summed E-state index contributed by atoms with van der Waals surface area (Å²) in [5, 5.41) is 31.9. The van der Waals surface area contributed by atoms with Crippen molar-refractivity contribution < 1.29 is 20.1 Å². The number of carbonyl (C=O) groups excluding carboxylic acids is 1. The first kappa shape index (κ1) is 16.6. The van der Waals surface area contributed by atoms with Crippen LogP contribution in [0.15, 0.2) is 41.4 Å². The summed E-state index contributed by atoms with van der Waals surface area (Å²) in [5.74, 6) is -0.170. The van der Waals surface area contributed by atoms with E-state index in [9.17, 15) is 20.1 Å². The molecule has 3 rings (SSSR count). The maximum Gasteiger partial charge on any atom is 0.256 e. The lowest BCUT2D eigenvalue weighted by Crippen LogP contribution is -2.37. The number of phenols is 3. The van der Waals surface area contributed by atoms with Gasteiger partial charge in [0.1, 0.15) is 11.6 Å². The molecular formula is C18H19N3O4. The number of rotatable bonds is 3. The highest BCUT2D eigenvalue weighted by molar-refractivity contribution is 6.04. The van der Waals surface area contributed by atoms with Crippen LogP contribution in [0, 0.1) is 0 Å². The fraction of sp³-hybridized carbons (Fsp3) is 0.222. The van der Waals surface area contributed by atoms with Crippen molar-refractivity contribution in [2.24, 2.45) is 4.99 Å². The zero-order valence-corrected chi connectivity index (χ0v) is 13.7. The molecule has 0 atom stereocenters. The van der Waals surface area contributed by atoms with Crippen LogP contribution in [0.4, 0.5) is 5.69 Å². The van der Waals surface area contributed by atoms with Crippen LogP contribution >= 0.6 is 0 Å². The summed E-state index contributed by atoms with van der Waals surface area (Å²) in [6, 6.07) is 9.60. The van der Waals surface area contributed by atoms with Gasteiger partial charge in [0.15, 0.2) is 11.5 Å². The van der Waals surface area contributed by atoms with E-state index in [1.165, 1.54) is 6.07 Å². The van der Waals surface area contributed by atoms with Crippen molar-refractivity contribution in [1.29, 1.82) is 0 Å². The molecule has 1 aliphatic rings. The molecule has 130 valence electrons. The molecule has 0 bridgehead atoms. The Bertz CT molecular complexity index is 848. The highest BCUT2D eigenvalue weighted by Crippen LogP contribution is 2.32. The van der Waals surface area contributed by atoms with E-state index in [2.05, 4.69) is 10.3 Å². The predicted octanol–water partition coefficient (Wildman–Crippen LogP) is 1.75. The van der Waals surface area contributed by atoms with E-state index in [0.29, 0.717) is 42.2 Å². The molecule has 1 heterocycles. The third-order valence-corrected chi connectivity index (χ3v) is 4.02. The molecule has 0 aliphatic carbocycles. The minimum atomic E-state index is -0.362. The van der Waals surface area contributed by atoms with Crippen molar-refractivity contribution in [3.05, 3.63) is 47.5 Å². The molecule has 1 aliphatic heterocycles. The highest BCUT2D eigenvalue weighted by Gasteiger charge is 2.21. The van der Waals surface area contributed by atoms with Gasteiger partial charge >= 0.3 is 0 Å². The molecule has 7 heteroatoms. The Hall–Kier alpha value is -3.22. The second-order valence-electron chi connectivity index (χ2n) is 5.88. The lowest BCUT2D eigenvalue weighted by molar-refractivity contribution is 0.0816. The Labute approximate surface area is 144 Å². The summed E-state index contributed by atoms with van der Waals surface area (Å²) in [5.41, 5.74) is 1.68. The summed E-state index contributed by atoms with van der Waals surface area (Å²) >= 11 is 0. The Morgan fingerprint density at radius 1 is 1.12 bits per heavy atom. The first-order chi connectivity index (χ1) is 12.0. The first-order valence-corrected chi connectivity index (χ1v) is 7.85. The molecule has 2 aromatic carbocycles.